The van der Waals surface area contributed by atoms with Gasteiger partial charge in [-0.15, -0.1) is 0 Å². The highest BCUT2D eigenvalue weighted by atomic mass is 16.3. The van der Waals surface area contributed by atoms with Crippen LogP contribution in [0.1, 0.15) is 26.5 Å². The van der Waals surface area contributed by atoms with Crippen LogP contribution in [0.2, 0.25) is 0 Å². The number of anilines is 1. The maximum Gasteiger partial charge on any atom is 0.259 e. The lowest BCUT2D eigenvalue weighted by atomic mass is 10.1. The third-order valence-corrected chi connectivity index (χ3v) is 2.73. The number of amides is 1. The summed E-state index contributed by atoms with van der Waals surface area (Å²) in [4.78, 5) is 23.4. The molecule has 0 spiro atoms. The fourth-order valence-electron chi connectivity index (χ4n) is 1.71. The molecule has 5 nitrogen and oxygen atoms in total. The number of nitrogens with one attached hydrogen (secondary N) is 1. The summed E-state index contributed by atoms with van der Waals surface area (Å²) in [5, 5.41) is 2.71. The summed E-state index contributed by atoms with van der Waals surface area (Å²) in [6, 6.07) is 8.26. The average molecular weight is 258 g/mol. The largest absolute Gasteiger partial charge is 0.469 e. The Morgan fingerprint density at radius 1 is 1.32 bits per heavy atom. The van der Waals surface area contributed by atoms with E-state index in [1.165, 1.54) is 6.26 Å². The Balaban J connectivity index is 2.18. The highest BCUT2D eigenvalue weighted by molar-refractivity contribution is 6.06. The molecule has 1 aromatic carbocycles. The van der Waals surface area contributed by atoms with Gasteiger partial charge in [-0.05, 0) is 25.1 Å². The summed E-state index contributed by atoms with van der Waals surface area (Å²) in [5.74, 6) is 0.103. The van der Waals surface area contributed by atoms with Crippen LogP contribution in [0.25, 0.3) is 0 Å². The summed E-state index contributed by atoms with van der Waals surface area (Å²) in [7, 11) is 0. The maximum absolute atomic E-state index is 12.0. The number of hydrogen-bond acceptors (Lipinski definition) is 4. The highest BCUT2D eigenvalue weighted by Gasteiger charge is 2.12. The molecule has 2 aromatic rings. The number of rotatable bonds is 4. The summed E-state index contributed by atoms with van der Waals surface area (Å²) in [6.07, 6.45) is 1.46. The van der Waals surface area contributed by atoms with Crippen molar-refractivity contribution in [1.82, 2.24) is 0 Å². The number of carbonyl (C=O) groups excluding carboxylic acids is 2. The highest BCUT2D eigenvalue weighted by Crippen LogP contribution is 2.15. The molecule has 0 fully saturated rings. The first kappa shape index (κ1) is 13.0. The SMILES string of the molecule is Cc1occc1C(=O)Nc1cccc(C(=O)CN)c1. The van der Waals surface area contributed by atoms with Crippen LogP contribution in [-0.2, 0) is 0 Å². The standard InChI is InChI=1S/C14H14N2O3/c1-9-12(5-6-19-9)14(18)16-11-4-2-3-10(7-11)13(17)8-15/h2-7H,8,15H2,1H3,(H,16,18). The van der Waals surface area contributed by atoms with E-state index >= 15 is 0 Å². The van der Waals surface area contributed by atoms with E-state index in [-0.39, 0.29) is 18.2 Å². The normalized spacial score (nSPS) is 10.2. The fraction of sp³-hybridized carbons (Fsp3) is 0.143. The van der Waals surface area contributed by atoms with Gasteiger partial charge in [-0.2, -0.15) is 0 Å². The topological polar surface area (TPSA) is 85.3 Å². The van der Waals surface area contributed by atoms with Crippen molar-refractivity contribution in [3.63, 3.8) is 0 Å². The van der Waals surface area contributed by atoms with Crippen LogP contribution in [0.15, 0.2) is 41.0 Å². The number of benzene rings is 1. The molecule has 0 radical (unpaired) electrons. The lowest BCUT2D eigenvalue weighted by molar-refractivity contribution is 0.0997. The van der Waals surface area contributed by atoms with Gasteiger partial charge in [0.1, 0.15) is 5.76 Å². The van der Waals surface area contributed by atoms with E-state index in [0.29, 0.717) is 22.6 Å². The molecule has 98 valence electrons. The van der Waals surface area contributed by atoms with E-state index in [0.717, 1.165) is 0 Å². The molecule has 5 heteroatoms. The number of carbonyl (C=O) groups is 2. The number of nitrogens with two attached hydrogens (primary N) is 1. The first-order valence-corrected chi connectivity index (χ1v) is 5.80. The Labute approximate surface area is 110 Å². The molecule has 1 amide bonds. The van der Waals surface area contributed by atoms with Crippen molar-refractivity contribution < 1.29 is 14.0 Å². The molecule has 0 bridgehead atoms. The Hall–Kier alpha value is -2.40. The van der Waals surface area contributed by atoms with Crippen molar-refractivity contribution in [3.05, 3.63) is 53.5 Å². The number of aryl methyl sites for hydroxylation is 1. The third kappa shape index (κ3) is 2.89. The minimum atomic E-state index is -0.274. The molecule has 0 aliphatic rings. The second kappa shape index (κ2) is 5.49. The van der Waals surface area contributed by atoms with Gasteiger partial charge in [-0.3, -0.25) is 9.59 Å². The lowest BCUT2D eigenvalue weighted by Crippen LogP contribution is -2.15. The van der Waals surface area contributed by atoms with Crippen molar-refractivity contribution in [2.75, 3.05) is 11.9 Å². The molecular weight excluding hydrogens is 244 g/mol. The van der Waals surface area contributed by atoms with Crippen molar-refractivity contribution >= 4 is 17.4 Å². The molecule has 2 rings (SSSR count). The van der Waals surface area contributed by atoms with Gasteiger partial charge in [0.2, 0.25) is 0 Å². The van der Waals surface area contributed by atoms with Gasteiger partial charge in [0.05, 0.1) is 18.4 Å². The van der Waals surface area contributed by atoms with E-state index in [1.54, 1.807) is 37.3 Å². The van der Waals surface area contributed by atoms with Gasteiger partial charge in [-0.1, -0.05) is 12.1 Å². The van der Waals surface area contributed by atoms with Crippen LogP contribution in [0.3, 0.4) is 0 Å². The quantitative estimate of drug-likeness (QED) is 0.821. The number of Topliss-reactive ketones (excluding diaryl/α,β-unsaturated/α-hetero) is 1. The minimum absolute atomic E-state index is 0.0573. The first-order chi connectivity index (χ1) is 9.11. The van der Waals surface area contributed by atoms with Crippen molar-refractivity contribution in [2.24, 2.45) is 5.73 Å². The van der Waals surface area contributed by atoms with E-state index in [4.69, 9.17) is 10.2 Å². The molecule has 0 aliphatic carbocycles. The number of furan rings is 1. The maximum atomic E-state index is 12.0. The predicted octanol–water partition coefficient (Wildman–Crippen LogP) is 1.98. The van der Waals surface area contributed by atoms with Crippen LogP contribution in [-0.4, -0.2) is 18.2 Å². The van der Waals surface area contributed by atoms with E-state index in [1.807, 2.05) is 0 Å². The third-order valence-electron chi connectivity index (χ3n) is 2.73. The lowest BCUT2D eigenvalue weighted by Gasteiger charge is -2.06. The first-order valence-electron chi connectivity index (χ1n) is 5.80. The van der Waals surface area contributed by atoms with Gasteiger partial charge in [0.15, 0.2) is 5.78 Å². The van der Waals surface area contributed by atoms with Crippen molar-refractivity contribution in [3.8, 4) is 0 Å². The minimum Gasteiger partial charge on any atom is -0.469 e. The molecule has 19 heavy (non-hydrogen) atoms. The second-order valence-electron chi connectivity index (χ2n) is 4.05. The van der Waals surface area contributed by atoms with E-state index in [2.05, 4.69) is 5.32 Å². The van der Waals surface area contributed by atoms with Gasteiger partial charge in [0, 0.05) is 11.3 Å². The van der Waals surface area contributed by atoms with Crippen molar-refractivity contribution in [1.29, 1.82) is 0 Å². The molecule has 3 N–H and O–H groups in total. The van der Waals surface area contributed by atoms with Crippen LogP contribution in [0.4, 0.5) is 5.69 Å². The molecule has 0 aliphatic heterocycles. The number of hydrogen-bond donors (Lipinski definition) is 2. The second-order valence-corrected chi connectivity index (χ2v) is 4.05. The van der Waals surface area contributed by atoms with Crippen LogP contribution >= 0.6 is 0 Å². The van der Waals surface area contributed by atoms with Crippen LogP contribution in [0, 0.1) is 6.92 Å². The summed E-state index contributed by atoms with van der Waals surface area (Å²) >= 11 is 0. The van der Waals surface area contributed by atoms with Gasteiger partial charge in [0.25, 0.3) is 5.91 Å². The Bertz CT molecular complexity index is 617. The predicted molar refractivity (Wildman–Crippen MR) is 71.2 cm³/mol. The zero-order valence-electron chi connectivity index (χ0n) is 10.5. The molecule has 1 heterocycles. The zero-order chi connectivity index (χ0) is 13.8. The van der Waals surface area contributed by atoms with Gasteiger partial charge in [-0.25, -0.2) is 0 Å². The summed E-state index contributed by atoms with van der Waals surface area (Å²) in [6.45, 7) is 1.65. The molecular formula is C14H14N2O3. The fourth-order valence-corrected chi connectivity index (χ4v) is 1.71. The van der Waals surface area contributed by atoms with Crippen LogP contribution < -0.4 is 11.1 Å². The monoisotopic (exact) mass is 258 g/mol. The molecule has 0 saturated carbocycles. The molecule has 0 unspecified atom stereocenters. The smallest absolute Gasteiger partial charge is 0.259 e. The Morgan fingerprint density at radius 3 is 2.74 bits per heavy atom. The average Bonchev–Trinajstić information content (AvgIpc) is 2.84. The summed E-state index contributed by atoms with van der Waals surface area (Å²) < 4.78 is 5.07. The van der Waals surface area contributed by atoms with Crippen LogP contribution in [0.5, 0.6) is 0 Å². The molecule has 0 atom stereocenters. The Kier molecular flexibility index (Phi) is 3.77. The molecule has 0 saturated heterocycles. The van der Waals surface area contributed by atoms with E-state index in [9.17, 15) is 9.59 Å². The number of ketones is 1. The van der Waals surface area contributed by atoms with Gasteiger partial charge < -0.3 is 15.5 Å². The molecule has 1 aromatic heterocycles. The Morgan fingerprint density at radius 2 is 2.11 bits per heavy atom. The van der Waals surface area contributed by atoms with Gasteiger partial charge >= 0.3 is 0 Å². The van der Waals surface area contributed by atoms with E-state index < -0.39 is 0 Å². The summed E-state index contributed by atoms with van der Waals surface area (Å²) in [5.41, 5.74) is 6.79. The zero-order valence-corrected chi connectivity index (χ0v) is 10.5. The van der Waals surface area contributed by atoms with Crippen molar-refractivity contribution in [2.45, 2.75) is 6.92 Å².